The molecule has 0 amide bonds. The van der Waals surface area contributed by atoms with Crippen LogP contribution in [0.3, 0.4) is 0 Å². The van der Waals surface area contributed by atoms with Gasteiger partial charge in [0.15, 0.2) is 0 Å². The van der Waals surface area contributed by atoms with Gasteiger partial charge in [-0.25, -0.2) is 22.8 Å². The number of hydrogen-bond acceptors (Lipinski definition) is 4. The molecule has 0 aliphatic carbocycles. The molecule has 0 bridgehead atoms. The van der Waals surface area contributed by atoms with Crippen molar-refractivity contribution < 1.29 is 18.3 Å². The van der Waals surface area contributed by atoms with E-state index in [9.17, 15) is 18.3 Å². The first kappa shape index (κ1) is 20.5. The Morgan fingerprint density at radius 1 is 1.14 bits per heavy atom. The highest BCUT2D eigenvalue weighted by molar-refractivity contribution is 9.10. The van der Waals surface area contributed by atoms with E-state index in [4.69, 9.17) is 0 Å². The van der Waals surface area contributed by atoms with Crippen LogP contribution in [0.1, 0.15) is 11.1 Å². The second kappa shape index (κ2) is 8.42. The Hall–Kier alpha value is -2.23. The summed E-state index contributed by atoms with van der Waals surface area (Å²) >= 11 is 3.37. The van der Waals surface area contributed by atoms with E-state index in [0.29, 0.717) is 16.6 Å². The second-order valence-electron chi connectivity index (χ2n) is 6.66. The SMILES string of the molecule is CN(Cc1cc(F)ccc1Br)CC(O)(Cn1cncn1)c1ccc(F)cc1F. The molecule has 1 heterocycles. The first-order valence-corrected chi connectivity index (χ1v) is 9.19. The zero-order valence-electron chi connectivity index (χ0n) is 15.0. The third kappa shape index (κ3) is 4.78. The minimum atomic E-state index is -1.72. The fraction of sp³-hybridized carbons (Fsp3) is 0.263. The van der Waals surface area contributed by atoms with Gasteiger partial charge in [0.05, 0.1) is 6.54 Å². The summed E-state index contributed by atoms with van der Waals surface area (Å²) < 4.78 is 43.4. The standard InChI is InChI=1S/C19H18BrF3N4O/c1-26(8-13-6-14(21)3-5-17(13)20)9-19(28,10-27-12-24-11-25-27)16-4-2-15(22)7-18(16)23/h2-7,11-12,28H,8-10H2,1H3. The lowest BCUT2D eigenvalue weighted by Gasteiger charge is -2.33. The van der Waals surface area contributed by atoms with Crippen LogP contribution in [0, 0.1) is 17.5 Å². The summed E-state index contributed by atoms with van der Waals surface area (Å²) in [7, 11) is 1.71. The van der Waals surface area contributed by atoms with Gasteiger partial charge in [-0.15, -0.1) is 0 Å². The molecule has 0 fully saturated rings. The summed E-state index contributed by atoms with van der Waals surface area (Å²) in [5, 5.41) is 15.3. The largest absolute Gasteiger partial charge is 0.382 e. The molecular weight excluding hydrogens is 437 g/mol. The molecule has 0 radical (unpaired) electrons. The van der Waals surface area contributed by atoms with Gasteiger partial charge in [-0.1, -0.05) is 22.0 Å². The zero-order valence-corrected chi connectivity index (χ0v) is 16.6. The molecule has 148 valence electrons. The van der Waals surface area contributed by atoms with Crippen LogP contribution in [0.2, 0.25) is 0 Å². The van der Waals surface area contributed by atoms with Crippen LogP contribution in [-0.4, -0.2) is 38.4 Å². The van der Waals surface area contributed by atoms with E-state index in [1.807, 2.05) is 0 Å². The van der Waals surface area contributed by atoms with Crippen LogP contribution >= 0.6 is 15.9 Å². The van der Waals surface area contributed by atoms with E-state index < -0.39 is 17.2 Å². The lowest BCUT2D eigenvalue weighted by Crippen LogP contribution is -2.43. The Kier molecular flexibility index (Phi) is 6.17. The molecule has 1 N–H and O–H groups in total. The minimum absolute atomic E-state index is 0.0155. The maximum absolute atomic E-state index is 14.4. The van der Waals surface area contributed by atoms with Crippen molar-refractivity contribution in [1.29, 1.82) is 0 Å². The Morgan fingerprint density at radius 3 is 2.54 bits per heavy atom. The molecule has 3 aromatic rings. The average Bonchev–Trinajstić information content (AvgIpc) is 3.10. The number of halogens is 4. The highest BCUT2D eigenvalue weighted by atomic mass is 79.9. The number of benzene rings is 2. The fourth-order valence-electron chi connectivity index (χ4n) is 3.13. The average molecular weight is 455 g/mol. The van der Waals surface area contributed by atoms with Gasteiger partial charge in [0, 0.05) is 29.2 Å². The molecule has 0 saturated heterocycles. The van der Waals surface area contributed by atoms with E-state index >= 15 is 0 Å². The summed E-state index contributed by atoms with van der Waals surface area (Å²) in [6.45, 7) is 0.184. The normalized spacial score (nSPS) is 13.7. The Bertz CT molecular complexity index is 954. The summed E-state index contributed by atoms with van der Waals surface area (Å²) in [4.78, 5) is 5.55. The maximum atomic E-state index is 14.4. The first-order valence-electron chi connectivity index (χ1n) is 8.39. The zero-order chi connectivity index (χ0) is 20.3. The van der Waals surface area contributed by atoms with Crippen LogP contribution in [0.15, 0.2) is 53.5 Å². The van der Waals surface area contributed by atoms with Gasteiger partial charge in [0.25, 0.3) is 0 Å². The first-order chi connectivity index (χ1) is 13.3. The summed E-state index contributed by atoms with van der Waals surface area (Å²) in [5.74, 6) is -1.97. The van der Waals surface area contributed by atoms with Crippen molar-refractivity contribution in [3.63, 3.8) is 0 Å². The summed E-state index contributed by atoms with van der Waals surface area (Å²) in [6.07, 6.45) is 2.70. The lowest BCUT2D eigenvalue weighted by molar-refractivity contribution is -0.0175. The highest BCUT2D eigenvalue weighted by Gasteiger charge is 2.35. The monoisotopic (exact) mass is 454 g/mol. The van der Waals surface area contributed by atoms with Gasteiger partial charge in [-0.2, -0.15) is 5.10 Å². The molecule has 0 aliphatic heterocycles. The minimum Gasteiger partial charge on any atom is -0.382 e. The number of aromatic nitrogens is 3. The third-order valence-corrected chi connectivity index (χ3v) is 5.08. The number of aliphatic hydroxyl groups is 1. The van der Waals surface area contributed by atoms with Crippen LogP contribution in [0.5, 0.6) is 0 Å². The van der Waals surface area contributed by atoms with E-state index in [0.717, 1.165) is 12.1 Å². The Balaban J connectivity index is 1.89. The molecule has 9 heteroatoms. The summed E-state index contributed by atoms with van der Waals surface area (Å²) in [5.41, 5.74) is -1.11. The van der Waals surface area contributed by atoms with E-state index in [2.05, 4.69) is 26.0 Å². The Labute approximate surface area is 168 Å². The number of hydrogen-bond donors (Lipinski definition) is 1. The second-order valence-corrected chi connectivity index (χ2v) is 7.51. The number of rotatable bonds is 7. The van der Waals surface area contributed by atoms with Crippen LogP contribution in [0.25, 0.3) is 0 Å². The topological polar surface area (TPSA) is 54.2 Å². The quantitative estimate of drug-likeness (QED) is 0.593. The van der Waals surface area contributed by atoms with Gasteiger partial charge < -0.3 is 5.11 Å². The van der Waals surface area contributed by atoms with Crippen LogP contribution < -0.4 is 0 Å². The van der Waals surface area contributed by atoms with Crippen molar-refractivity contribution in [1.82, 2.24) is 19.7 Å². The van der Waals surface area contributed by atoms with E-state index in [-0.39, 0.29) is 24.5 Å². The van der Waals surface area contributed by atoms with Crippen molar-refractivity contribution in [3.05, 3.63) is 82.1 Å². The molecule has 1 unspecified atom stereocenters. The smallest absolute Gasteiger partial charge is 0.137 e. The van der Waals surface area contributed by atoms with Gasteiger partial charge in [0.1, 0.15) is 35.7 Å². The Morgan fingerprint density at radius 2 is 1.86 bits per heavy atom. The molecule has 28 heavy (non-hydrogen) atoms. The molecule has 1 aromatic heterocycles. The number of nitrogens with zero attached hydrogens (tertiary/aromatic N) is 4. The van der Waals surface area contributed by atoms with Crippen LogP contribution in [-0.2, 0) is 18.7 Å². The maximum Gasteiger partial charge on any atom is 0.137 e. The van der Waals surface area contributed by atoms with Crippen LogP contribution in [0.4, 0.5) is 13.2 Å². The van der Waals surface area contributed by atoms with E-state index in [1.165, 1.54) is 35.5 Å². The predicted octanol–water partition coefficient (Wildman–Crippen LogP) is 3.48. The van der Waals surface area contributed by atoms with Gasteiger partial charge in [-0.05, 0) is 36.9 Å². The number of likely N-dealkylation sites (N-methyl/N-ethyl adjacent to an activating group) is 1. The molecule has 5 nitrogen and oxygen atoms in total. The van der Waals surface area contributed by atoms with E-state index in [1.54, 1.807) is 18.0 Å². The molecule has 0 spiro atoms. The van der Waals surface area contributed by atoms with Gasteiger partial charge >= 0.3 is 0 Å². The molecule has 1 atom stereocenters. The molecule has 0 aliphatic rings. The van der Waals surface area contributed by atoms with Crippen molar-refractivity contribution in [2.24, 2.45) is 0 Å². The van der Waals surface area contributed by atoms with Crippen molar-refractivity contribution >= 4 is 15.9 Å². The fourth-order valence-corrected chi connectivity index (χ4v) is 3.50. The van der Waals surface area contributed by atoms with Crippen molar-refractivity contribution in [2.75, 3.05) is 13.6 Å². The van der Waals surface area contributed by atoms with Gasteiger partial charge in [0.2, 0.25) is 0 Å². The molecule has 2 aromatic carbocycles. The van der Waals surface area contributed by atoms with Crippen molar-refractivity contribution in [3.8, 4) is 0 Å². The molecule has 3 rings (SSSR count). The third-order valence-electron chi connectivity index (χ3n) is 4.30. The summed E-state index contributed by atoms with van der Waals surface area (Å²) in [6, 6.07) is 7.35. The molecule has 0 saturated carbocycles. The van der Waals surface area contributed by atoms with Gasteiger partial charge in [-0.3, -0.25) is 4.90 Å². The van der Waals surface area contributed by atoms with Crippen molar-refractivity contribution in [2.45, 2.75) is 18.7 Å². The lowest BCUT2D eigenvalue weighted by atomic mass is 9.92. The highest BCUT2D eigenvalue weighted by Crippen LogP contribution is 2.28. The molecular formula is C19H18BrF3N4O. The predicted molar refractivity (Wildman–Crippen MR) is 101 cm³/mol.